The molecule has 18 heavy (non-hydrogen) atoms. The quantitative estimate of drug-likeness (QED) is 0.627. The highest BCUT2D eigenvalue weighted by Crippen LogP contribution is 2.30. The summed E-state index contributed by atoms with van der Waals surface area (Å²) < 4.78 is 0. The van der Waals surface area contributed by atoms with E-state index in [4.69, 9.17) is 11.6 Å². The fraction of sp³-hybridized carbons (Fsp3) is 0.0833. The van der Waals surface area contributed by atoms with Crippen LogP contribution in [-0.4, -0.2) is 9.91 Å². The molecular weight excluding hydrogens is 272 g/mol. The van der Waals surface area contributed by atoms with Crippen molar-refractivity contribution >= 4 is 29.1 Å². The highest BCUT2D eigenvalue weighted by atomic mass is 35.5. The summed E-state index contributed by atoms with van der Waals surface area (Å²) in [6.45, 7) is 1.80. The number of hydrogen-bond acceptors (Lipinski definition) is 4. The number of nitrogens with zero attached hydrogens (tertiary/aromatic N) is 2. The summed E-state index contributed by atoms with van der Waals surface area (Å²) >= 11 is 7.25. The van der Waals surface area contributed by atoms with Crippen molar-refractivity contribution in [3.05, 3.63) is 57.2 Å². The lowest BCUT2D eigenvalue weighted by Crippen LogP contribution is -1.92. The van der Waals surface area contributed by atoms with Crippen molar-refractivity contribution in [1.29, 1.82) is 0 Å². The molecule has 0 bridgehead atoms. The number of hydrogen-bond donors (Lipinski definition) is 0. The molecule has 0 radical (unpaired) electrons. The van der Waals surface area contributed by atoms with Crippen molar-refractivity contribution in [3.8, 4) is 0 Å². The third kappa shape index (κ3) is 3.00. The Bertz CT molecular complexity index is 587. The van der Waals surface area contributed by atoms with Crippen LogP contribution < -0.4 is 0 Å². The van der Waals surface area contributed by atoms with Gasteiger partial charge in [-0.15, -0.1) is 0 Å². The Morgan fingerprint density at radius 1 is 1.33 bits per heavy atom. The Morgan fingerprint density at radius 3 is 2.56 bits per heavy atom. The van der Waals surface area contributed by atoms with Gasteiger partial charge in [-0.1, -0.05) is 23.4 Å². The van der Waals surface area contributed by atoms with E-state index in [9.17, 15) is 10.1 Å². The van der Waals surface area contributed by atoms with Crippen LogP contribution >= 0.6 is 23.4 Å². The summed E-state index contributed by atoms with van der Waals surface area (Å²) in [6, 6.07) is 8.88. The number of pyridine rings is 1. The summed E-state index contributed by atoms with van der Waals surface area (Å²) in [5.41, 5.74) is 0.789. The van der Waals surface area contributed by atoms with Gasteiger partial charge >= 0.3 is 0 Å². The molecular formula is C12H9ClN2O2S. The third-order valence-electron chi connectivity index (χ3n) is 2.25. The van der Waals surface area contributed by atoms with E-state index < -0.39 is 4.92 Å². The van der Waals surface area contributed by atoms with Crippen LogP contribution in [0, 0.1) is 17.0 Å². The Balaban J connectivity index is 2.24. The van der Waals surface area contributed by atoms with Crippen LogP contribution in [0.1, 0.15) is 5.56 Å². The molecule has 6 heteroatoms. The van der Waals surface area contributed by atoms with Crippen molar-refractivity contribution in [3.63, 3.8) is 0 Å². The maximum absolute atomic E-state index is 10.6. The van der Waals surface area contributed by atoms with Gasteiger partial charge in [0.05, 0.1) is 4.92 Å². The Labute approximate surface area is 113 Å². The van der Waals surface area contributed by atoms with Crippen LogP contribution in [0.15, 0.2) is 46.5 Å². The molecule has 0 atom stereocenters. The number of benzene rings is 1. The number of aromatic nitrogens is 1. The van der Waals surface area contributed by atoms with Gasteiger partial charge in [0, 0.05) is 16.0 Å². The average Bonchev–Trinajstić information content (AvgIpc) is 2.34. The first-order valence-electron chi connectivity index (χ1n) is 5.11. The second-order valence-electron chi connectivity index (χ2n) is 3.63. The Kier molecular flexibility index (Phi) is 3.84. The number of aryl methyl sites for hydroxylation is 1. The van der Waals surface area contributed by atoms with Gasteiger partial charge in [-0.3, -0.25) is 10.1 Å². The Hall–Kier alpha value is -1.59. The molecule has 0 aliphatic carbocycles. The standard InChI is InChI=1S/C12H9ClN2O2S/c1-8-6-10(15(16)17)7-14-12(8)18-11-4-2-9(13)3-5-11/h2-7H,1H3. The highest BCUT2D eigenvalue weighted by molar-refractivity contribution is 7.99. The smallest absolute Gasteiger partial charge is 0.258 e. The summed E-state index contributed by atoms with van der Waals surface area (Å²) in [5, 5.41) is 12.0. The second kappa shape index (κ2) is 5.37. The van der Waals surface area contributed by atoms with E-state index in [2.05, 4.69) is 4.98 Å². The number of halogens is 1. The zero-order valence-electron chi connectivity index (χ0n) is 9.46. The molecule has 0 amide bonds. The maximum atomic E-state index is 10.6. The van der Waals surface area contributed by atoms with Crippen molar-refractivity contribution in [2.24, 2.45) is 0 Å². The molecule has 0 saturated carbocycles. The first-order chi connectivity index (χ1) is 8.56. The van der Waals surface area contributed by atoms with E-state index >= 15 is 0 Å². The monoisotopic (exact) mass is 280 g/mol. The van der Waals surface area contributed by atoms with Gasteiger partial charge in [0.15, 0.2) is 0 Å². The van der Waals surface area contributed by atoms with E-state index in [1.54, 1.807) is 19.1 Å². The molecule has 0 saturated heterocycles. The van der Waals surface area contributed by atoms with Crippen molar-refractivity contribution in [2.75, 3.05) is 0 Å². The maximum Gasteiger partial charge on any atom is 0.287 e. The summed E-state index contributed by atoms with van der Waals surface area (Å²) in [4.78, 5) is 15.3. The lowest BCUT2D eigenvalue weighted by Gasteiger charge is -2.04. The van der Waals surface area contributed by atoms with Crippen LogP contribution in [0.25, 0.3) is 0 Å². The van der Waals surface area contributed by atoms with E-state index in [-0.39, 0.29) is 5.69 Å². The average molecular weight is 281 g/mol. The zero-order chi connectivity index (χ0) is 13.1. The highest BCUT2D eigenvalue weighted by Gasteiger charge is 2.10. The van der Waals surface area contributed by atoms with Gasteiger partial charge in [-0.25, -0.2) is 4.98 Å². The van der Waals surface area contributed by atoms with E-state index in [0.29, 0.717) is 5.02 Å². The van der Waals surface area contributed by atoms with Crippen molar-refractivity contribution in [1.82, 2.24) is 4.98 Å². The molecule has 0 N–H and O–H groups in total. The molecule has 0 aliphatic heterocycles. The predicted octanol–water partition coefficient (Wildman–Crippen LogP) is 4.10. The van der Waals surface area contributed by atoms with Gasteiger partial charge in [-0.2, -0.15) is 0 Å². The number of rotatable bonds is 3. The Morgan fingerprint density at radius 2 is 2.00 bits per heavy atom. The van der Waals surface area contributed by atoms with Gasteiger partial charge in [-0.05, 0) is 36.8 Å². The molecule has 0 aliphatic rings. The summed E-state index contributed by atoms with van der Waals surface area (Å²) in [6.07, 6.45) is 1.27. The minimum absolute atomic E-state index is 0.00737. The van der Waals surface area contributed by atoms with E-state index in [1.807, 2.05) is 12.1 Å². The van der Waals surface area contributed by atoms with Crippen LogP contribution in [0.4, 0.5) is 5.69 Å². The molecule has 1 aromatic heterocycles. The molecule has 1 heterocycles. The SMILES string of the molecule is Cc1cc([N+](=O)[O-])cnc1Sc1ccc(Cl)cc1. The van der Waals surface area contributed by atoms with Crippen LogP contribution in [0.3, 0.4) is 0 Å². The topological polar surface area (TPSA) is 56.0 Å². The number of nitro groups is 1. The minimum Gasteiger partial charge on any atom is -0.258 e. The predicted molar refractivity (Wildman–Crippen MR) is 71.2 cm³/mol. The first-order valence-corrected chi connectivity index (χ1v) is 6.30. The van der Waals surface area contributed by atoms with Crippen molar-refractivity contribution in [2.45, 2.75) is 16.8 Å². The molecule has 2 rings (SSSR count). The molecule has 0 fully saturated rings. The van der Waals surface area contributed by atoms with Crippen LogP contribution in [0.2, 0.25) is 5.02 Å². The summed E-state index contributed by atoms with van der Waals surface area (Å²) in [7, 11) is 0. The summed E-state index contributed by atoms with van der Waals surface area (Å²) in [5.74, 6) is 0. The lowest BCUT2D eigenvalue weighted by atomic mass is 10.3. The first kappa shape index (κ1) is 12.9. The fourth-order valence-corrected chi connectivity index (χ4v) is 2.32. The molecule has 4 nitrogen and oxygen atoms in total. The largest absolute Gasteiger partial charge is 0.287 e. The second-order valence-corrected chi connectivity index (χ2v) is 5.13. The van der Waals surface area contributed by atoms with Gasteiger partial charge < -0.3 is 0 Å². The van der Waals surface area contributed by atoms with Gasteiger partial charge in [0.1, 0.15) is 11.2 Å². The van der Waals surface area contributed by atoms with Gasteiger partial charge in [0.2, 0.25) is 0 Å². The van der Waals surface area contributed by atoms with Gasteiger partial charge in [0.25, 0.3) is 5.69 Å². The normalized spacial score (nSPS) is 10.3. The molecule has 0 unspecified atom stereocenters. The van der Waals surface area contributed by atoms with E-state index in [1.165, 1.54) is 24.0 Å². The molecule has 0 spiro atoms. The van der Waals surface area contributed by atoms with E-state index in [0.717, 1.165) is 15.5 Å². The van der Waals surface area contributed by atoms with Crippen LogP contribution in [0.5, 0.6) is 0 Å². The molecule has 1 aromatic carbocycles. The van der Waals surface area contributed by atoms with Crippen molar-refractivity contribution < 1.29 is 4.92 Å². The van der Waals surface area contributed by atoms with Crippen LogP contribution in [-0.2, 0) is 0 Å². The fourth-order valence-electron chi connectivity index (χ4n) is 1.37. The molecule has 92 valence electrons. The lowest BCUT2D eigenvalue weighted by molar-refractivity contribution is -0.385. The minimum atomic E-state index is -0.448. The molecule has 2 aromatic rings. The third-order valence-corrected chi connectivity index (χ3v) is 3.64. The zero-order valence-corrected chi connectivity index (χ0v) is 11.0.